The summed E-state index contributed by atoms with van der Waals surface area (Å²) >= 11 is 3.41. The monoisotopic (exact) mass is 360 g/mol. The lowest BCUT2D eigenvalue weighted by Crippen LogP contribution is -2.49. The van der Waals surface area contributed by atoms with Crippen LogP contribution in [-0.4, -0.2) is 40.4 Å². The summed E-state index contributed by atoms with van der Waals surface area (Å²) < 4.78 is 1.05. The molecule has 3 amide bonds. The van der Waals surface area contributed by atoms with Crippen molar-refractivity contribution in [3.63, 3.8) is 0 Å². The molecule has 22 heavy (non-hydrogen) atoms. The van der Waals surface area contributed by atoms with Crippen LogP contribution in [0.3, 0.4) is 0 Å². The fourth-order valence-corrected chi connectivity index (χ4v) is 4.17. The standard InChI is InChI=1S/C17H17BrN2O2/c18-14-6-4-12(5-7-14)3-1-2-8-19-15(21)17-9-13(10-17)11-20(17)16(19)22/h1,3-7,13H,2,8-11H2/b3-1+. The molecule has 4 nitrogen and oxygen atoms in total. The van der Waals surface area contributed by atoms with Crippen LogP contribution in [0, 0.1) is 5.92 Å². The van der Waals surface area contributed by atoms with Crippen molar-refractivity contribution in [2.75, 3.05) is 13.1 Å². The summed E-state index contributed by atoms with van der Waals surface area (Å²) in [5, 5.41) is 0. The van der Waals surface area contributed by atoms with Gasteiger partial charge in [-0.3, -0.25) is 9.69 Å². The summed E-state index contributed by atoms with van der Waals surface area (Å²) in [6.45, 7) is 1.25. The third-order valence-electron chi connectivity index (χ3n) is 5.01. The van der Waals surface area contributed by atoms with Gasteiger partial charge in [-0.2, -0.15) is 0 Å². The molecule has 4 aliphatic rings. The first-order chi connectivity index (χ1) is 10.6. The zero-order valence-corrected chi connectivity index (χ0v) is 13.8. The molecule has 0 N–H and O–H groups in total. The van der Waals surface area contributed by atoms with Crippen molar-refractivity contribution < 1.29 is 9.59 Å². The number of carbonyl (C=O) groups excluding carboxylic acids is 2. The zero-order chi connectivity index (χ0) is 15.3. The summed E-state index contributed by atoms with van der Waals surface area (Å²) in [4.78, 5) is 28.1. The molecule has 0 radical (unpaired) electrons. The number of benzene rings is 1. The van der Waals surface area contributed by atoms with E-state index in [1.54, 1.807) is 4.90 Å². The highest BCUT2D eigenvalue weighted by molar-refractivity contribution is 9.10. The molecule has 1 aromatic carbocycles. The van der Waals surface area contributed by atoms with E-state index in [4.69, 9.17) is 0 Å². The van der Waals surface area contributed by atoms with E-state index in [0.29, 0.717) is 18.9 Å². The van der Waals surface area contributed by atoms with E-state index in [0.717, 1.165) is 29.4 Å². The molecule has 3 heterocycles. The largest absolute Gasteiger partial charge is 0.327 e. The molecular formula is C17H17BrN2O2. The Labute approximate surface area is 137 Å². The predicted molar refractivity (Wildman–Crippen MR) is 87.1 cm³/mol. The molecule has 3 saturated heterocycles. The van der Waals surface area contributed by atoms with Crippen LogP contribution in [0.1, 0.15) is 24.8 Å². The minimum atomic E-state index is -0.447. The Balaban J connectivity index is 1.37. The van der Waals surface area contributed by atoms with E-state index < -0.39 is 5.54 Å². The van der Waals surface area contributed by atoms with Crippen molar-refractivity contribution in [1.82, 2.24) is 9.80 Å². The second kappa shape index (κ2) is 4.95. The highest BCUT2D eigenvalue weighted by Gasteiger charge is 2.68. The topological polar surface area (TPSA) is 40.6 Å². The lowest BCUT2D eigenvalue weighted by Gasteiger charge is -2.34. The zero-order valence-electron chi connectivity index (χ0n) is 12.2. The average molecular weight is 361 g/mol. The first kappa shape index (κ1) is 14.0. The van der Waals surface area contributed by atoms with Gasteiger partial charge in [0.2, 0.25) is 0 Å². The highest BCUT2D eigenvalue weighted by atomic mass is 79.9. The van der Waals surface area contributed by atoms with Crippen molar-refractivity contribution in [2.45, 2.75) is 24.8 Å². The summed E-state index contributed by atoms with van der Waals surface area (Å²) in [5.74, 6) is 0.593. The van der Waals surface area contributed by atoms with E-state index in [1.807, 2.05) is 36.4 Å². The fraction of sp³-hybridized carbons (Fsp3) is 0.412. The van der Waals surface area contributed by atoms with E-state index in [-0.39, 0.29) is 11.9 Å². The molecule has 114 valence electrons. The Morgan fingerprint density at radius 1 is 1.23 bits per heavy atom. The molecule has 2 bridgehead atoms. The van der Waals surface area contributed by atoms with E-state index >= 15 is 0 Å². The molecular weight excluding hydrogens is 344 g/mol. The lowest BCUT2D eigenvalue weighted by molar-refractivity contribution is -0.135. The Morgan fingerprint density at radius 3 is 2.64 bits per heavy atom. The van der Waals surface area contributed by atoms with Crippen LogP contribution in [0.25, 0.3) is 6.08 Å². The molecule has 0 unspecified atom stereocenters. The van der Waals surface area contributed by atoms with Gasteiger partial charge in [0.25, 0.3) is 5.91 Å². The van der Waals surface area contributed by atoms with Gasteiger partial charge >= 0.3 is 6.03 Å². The summed E-state index contributed by atoms with van der Waals surface area (Å²) in [5.41, 5.74) is 0.667. The van der Waals surface area contributed by atoms with Gasteiger partial charge < -0.3 is 4.90 Å². The Hall–Kier alpha value is -1.62. The Morgan fingerprint density at radius 2 is 1.95 bits per heavy atom. The molecule has 1 spiro atoms. The maximum absolute atomic E-state index is 12.5. The predicted octanol–water partition coefficient (Wildman–Crippen LogP) is 3.28. The minimum Gasteiger partial charge on any atom is -0.309 e. The number of halogens is 1. The third-order valence-corrected chi connectivity index (χ3v) is 5.54. The van der Waals surface area contributed by atoms with E-state index in [9.17, 15) is 9.59 Å². The molecule has 0 atom stereocenters. The van der Waals surface area contributed by atoms with Gasteiger partial charge in [-0.1, -0.05) is 40.2 Å². The highest BCUT2D eigenvalue weighted by Crippen LogP contribution is 2.54. The normalized spacial score (nSPS) is 29.4. The first-order valence-electron chi connectivity index (χ1n) is 7.66. The molecule has 4 fully saturated rings. The van der Waals surface area contributed by atoms with Crippen LogP contribution in [0.15, 0.2) is 34.8 Å². The van der Waals surface area contributed by atoms with Gasteiger partial charge in [0.15, 0.2) is 0 Å². The molecule has 3 aliphatic heterocycles. The number of hydrogen-bond acceptors (Lipinski definition) is 2. The summed E-state index contributed by atoms with van der Waals surface area (Å²) in [6.07, 6.45) is 6.50. The second-order valence-corrected chi connectivity index (χ2v) is 7.31. The maximum Gasteiger partial charge on any atom is 0.327 e. The molecule has 5 rings (SSSR count). The van der Waals surface area contributed by atoms with Gasteiger partial charge in [0.05, 0.1) is 0 Å². The number of imide groups is 1. The minimum absolute atomic E-state index is 0.0308. The van der Waals surface area contributed by atoms with Crippen LogP contribution < -0.4 is 0 Å². The van der Waals surface area contributed by atoms with Crippen LogP contribution in [0.4, 0.5) is 4.79 Å². The Kier molecular flexibility index (Phi) is 3.15. The number of carbonyl (C=O) groups is 2. The van der Waals surface area contributed by atoms with Gasteiger partial charge in [0.1, 0.15) is 5.54 Å². The van der Waals surface area contributed by atoms with Crippen molar-refractivity contribution in [3.05, 3.63) is 40.4 Å². The van der Waals surface area contributed by atoms with Crippen LogP contribution in [-0.2, 0) is 4.79 Å². The van der Waals surface area contributed by atoms with Crippen molar-refractivity contribution in [1.29, 1.82) is 0 Å². The van der Waals surface area contributed by atoms with Gasteiger partial charge in [-0.05, 0) is 42.9 Å². The molecule has 1 saturated carbocycles. The SMILES string of the molecule is O=C1N(CC/C=C/c2ccc(Br)cc2)C(=O)C23CC(CN12)C3. The second-order valence-electron chi connectivity index (χ2n) is 6.40. The fourth-order valence-electron chi connectivity index (χ4n) is 3.91. The van der Waals surface area contributed by atoms with Crippen molar-refractivity contribution >= 4 is 33.9 Å². The Bertz CT molecular complexity index is 659. The molecule has 1 aliphatic carbocycles. The lowest BCUT2D eigenvalue weighted by atomic mass is 9.73. The number of nitrogens with zero attached hydrogens (tertiary/aromatic N) is 2. The number of amides is 3. The number of rotatable bonds is 4. The first-order valence-corrected chi connectivity index (χ1v) is 8.45. The number of hydrogen-bond donors (Lipinski definition) is 0. The van der Waals surface area contributed by atoms with Gasteiger partial charge in [0, 0.05) is 17.6 Å². The van der Waals surface area contributed by atoms with Crippen LogP contribution in [0.2, 0.25) is 0 Å². The van der Waals surface area contributed by atoms with Gasteiger partial charge in [-0.15, -0.1) is 0 Å². The molecule has 5 heteroatoms. The maximum atomic E-state index is 12.5. The summed E-state index contributed by atoms with van der Waals surface area (Å²) in [6, 6.07) is 7.95. The average Bonchev–Trinajstić information content (AvgIpc) is 3.09. The van der Waals surface area contributed by atoms with Crippen molar-refractivity contribution in [3.8, 4) is 0 Å². The van der Waals surface area contributed by atoms with Gasteiger partial charge in [-0.25, -0.2) is 4.79 Å². The smallest absolute Gasteiger partial charge is 0.309 e. The third kappa shape index (κ3) is 1.95. The quantitative estimate of drug-likeness (QED) is 0.773. The number of urea groups is 1. The van der Waals surface area contributed by atoms with Crippen LogP contribution in [0.5, 0.6) is 0 Å². The molecule has 0 aromatic heterocycles. The van der Waals surface area contributed by atoms with Crippen LogP contribution >= 0.6 is 15.9 Å². The van der Waals surface area contributed by atoms with E-state index in [2.05, 4.69) is 15.9 Å². The van der Waals surface area contributed by atoms with E-state index in [1.165, 1.54) is 4.90 Å². The van der Waals surface area contributed by atoms with Crippen molar-refractivity contribution in [2.24, 2.45) is 5.92 Å². The molecule has 1 aromatic rings. The summed E-state index contributed by atoms with van der Waals surface area (Å²) in [7, 11) is 0.